The summed E-state index contributed by atoms with van der Waals surface area (Å²) in [5.41, 5.74) is 7.37. The second-order valence-electron chi connectivity index (χ2n) is 8.11. The minimum Gasteiger partial charge on any atom is -0.317 e. The van der Waals surface area contributed by atoms with E-state index in [2.05, 4.69) is 55.4 Å². The standard InChI is InChI=1S/C22H24Br2N2/c23-18-10-16-4-3-15-9-17(13-1-2-13)11-19(24)20(15)21(22(16)26-12-18)14-5-7-25-8-6-14/h9-14,21,25H,1-8H2/t21-/m1/s1. The van der Waals surface area contributed by atoms with Gasteiger partial charge in [0.25, 0.3) is 0 Å². The van der Waals surface area contributed by atoms with E-state index in [1.807, 2.05) is 6.20 Å². The number of pyridine rings is 1. The number of halogens is 2. The molecule has 2 aromatic rings. The lowest BCUT2D eigenvalue weighted by atomic mass is 9.76. The maximum atomic E-state index is 4.96. The summed E-state index contributed by atoms with van der Waals surface area (Å²) in [6.07, 6.45) is 9.40. The first kappa shape index (κ1) is 17.4. The molecule has 5 rings (SSSR count). The second kappa shape index (κ2) is 7.03. The van der Waals surface area contributed by atoms with Gasteiger partial charge in [0.15, 0.2) is 0 Å². The van der Waals surface area contributed by atoms with E-state index in [9.17, 15) is 0 Å². The first-order valence-corrected chi connectivity index (χ1v) is 11.5. The number of aromatic nitrogens is 1. The van der Waals surface area contributed by atoms with E-state index in [0.717, 1.165) is 36.3 Å². The first-order valence-electron chi connectivity index (χ1n) is 9.88. The van der Waals surface area contributed by atoms with Crippen molar-refractivity contribution >= 4 is 31.9 Å². The molecule has 0 unspecified atom stereocenters. The van der Waals surface area contributed by atoms with Gasteiger partial charge >= 0.3 is 0 Å². The average molecular weight is 476 g/mol. The molecule has 0 amide bonds. The van der Waals surface area contributed by atoms with Gasteiger partial charge in [0.05, 0.1) is 5.69 Å². The second-order valence-corrected chi connectivity index (χ2v) is 9.88. The summed E-state index contributed by atoms with van der Waals surface area (Å²) >= 11 is 7.62. The average Bonchev–Trinajstić information content (AvgIpc) is 3.49. The quantitative estimate of drug-likeness (QED) is 0.601. The number of piperidine rings is 1. The molecule has 0 radical (unpaired) electrons. The first-order chi connectivity index (χ1) is 12.7. The molecular formula is C22H24Br2N2. The van der Waals surface area contributed by atoms with Crippen LogP contribution in [0.25, 0.3) is 0 Å². The third-order valence-electron chi connectivity index (χ3n) is 6.38. The molecule has 2 aliphatic carbocycles. The zero-order valence-corrected chi connectivity index (χ0v) is 18.1. The molecule has 136 valence electrons. The van der Waals surface area contributed by atoms with E-state index in [1.165, 1.54) is 47.0 Å². The lowest BCUT2D eigenvalue weighted by Gasteiger charge is -2.32. The molecule has 2 fully saturated rings. The third-order valence-corrected chi connectivity index (χ3v) is 7.47. The normalized spacial score (nSPS) is 23.2. The summed E-state index contributed by atoms with van der Waals surface area (Å²) < 4.78 is 2.42. The van der Waals surface area contributed by atoms with Gasteiger partial charge in [-0.2, -0.15) is 0 Å². The van der Waals surface area contributed by atoms with Crippen LogP contribution in [0.2, 0.25) is 0 Å². The molecule has 1 saturated heterocycles. The number of fused-ring (bicyclic) bond motifs is 2. The zero-order valence-electron chi connectivity index (χ0n) is 14.9. The summed E-state index contributed by atoms with van der Waals surface area (Å²) in [7, 11) is 0. The maximum absolute atomic E-state index is 4.96. The maximum Gasteiger partial charge on any atom is 0.0514 e. The zero-order chi connectivity index (χ0) is 17.7. The minimum atomic E-state index is 0.417. The Morgan fingerprint density at radius 1 is 0.923 bits per heavy atom. The molecule has 1 aromatic carbocycles. The molecule has 1 aliphatic heterocycles. The van der Waals surface area contributed by atoms with Crippen LogP contribution in [-0.4, -0.2) is 18.1 Å². The van der Waals surface area contributed by atoms with Crippen LogP contribution in [0.5, 0.6) is 0 Å². The van der Waals surface area contributed by atoms with Gasteiger partial charge in [-0.3, -0.25) is 4.98 Å². The van der Waals surface area contributed by atoms with Crippen LogP contribution < -0.4 is 5.32 Å². The molecule has 0 bridgehead atoms. The number of aryl methyl sites for hydroxylation is 2. The van der Waals surface area contributed by atoms with Crippen molar-refractivity contribution in [2.24, 2.45) is 5.92 Å². The van der Waals surface area contributed by atoms with E-state index in [4.69, 9.17) is 4.98 Å². The molecule has 2 heterocycles. The molecule has 1 atom stereocenters. The van der Waals surface area contributed by atoms with Gasteiger partial charge in [-0.25, -0.2) is 0 Å². The van der Waals surface area contributed by atoms with Gasteiger partial charge in [0, 0.05) is 21.1 Å². The fraction of sp³-hybridized carbons (Fsp3) is 0.500. The molecule has 3 aliphatic rings. The van der Waals surface area contributed by atoms with Crippen LogP contribution in [0.1, 0.15) is 65.5 Å². The van der Waals surface area contributed by atoms with Crippen molar-refractivity contribution in [3.8, 4) is 0 Å². The summed E-state index contributed by atoms with van der Waals surface area (Å²) in [6, 6.07) is 7.24. The fourth-order valence-corrected chi connectivity index (χ4v) is 6.06. The molecule has 1 N–H and O–H groups in total. The number of nitrogens with one attached hydrogen (secondary N) is 1. The Kier molecular flexibility index (Phi) is 4.70. The minimum absolute atomic E-state index is 0.417. The predicted molar refractivity (Wildman–Crippen MR) is 113 cm³/mol. The highest BCUT2D eigenvalue weighted by Crippen LogP contribution is 2.48. The highest BCUT2D eigenvalue weighted by molar-refractivity contribution is 9.10. The van der Waals surface area contributed by atoms with Crippen molar-refractivity contribution < 1.29 is 0 Å². The lowest BCUT2D eigenvalue weighted by Crippen LogP contribution is -2.32. The van der Waals surface area contributed by atoms with Crippen molar-refractivity contribution in [3.05, 3.63) is 61.3 Å². The van der Waals surface area contributed by atoms with E-state index in [-0.39, 0.29) is 0 Å². The predicted octanol–water partition coefficient (Wildman–Crippen LogP) is 5.71. The highest BCUT2D eigenvalue weighted by atomic mass is 79.9. The van der Waals surface area contributed by atoms with Gasteiger partial charge in [0.2, 0.25) is 0 Å². The Morgan fingerprint density at radius 3 is 2.46 bits per heavy atom. The van der Waals surface area contributed by atoms with Crippen LogP contribution in [0.15, 0.2) is 33.3 Å². The van der Waals surface area contributed by atoms with E-state index < -0.39 is 0 Å². The van der Waals surface area contributed by atoms with Crippen LogP contribution in [0.4, 0.5) is 0 Å². The monoisotopic (exact) mass is 474 g/mol. The molecule has 0 spiro atoms. The summed E-state index contributed by atoms with van der Waals surface area (Å²) in [6.45, 7) is 2.25. The number of benzene rings is 1. The van der Waals surface area contributed by atoms with Crippen molar-refractivity contribution in [1.82, 2.24) is 10.3 Å². The van der Waals surface area contributed by atoms with Crippen LogP contribution in [-0.2, 0) is 12.8 Å². The Labute approximate surface area is 172 Å². The van der Waals surface area contributed by atoms with E-state index >= 15 is 0 Å². The Bertz CT molecular complexity index is 838. The Balaban J connectivity index is 1.67. The molecule has 2 nitrogen and oxygen atoms in total. The van der Waals surface area contributed by atoms with Crippen LogP contribution in [0.3, 0.4) is 0 Å². The molecular weight excluding hydrogens is 452 g/mol. The largest absolute Gasteiger partial charge is 0.317 e. The van der Waals surface area contributed by atoms with Crippen molar-refractivity contribution in [1.29, 1.82) is 0 Å². The molecule has 1 aromatic heterocycles. The van der Waals surface area contributed by atoms with Crippen molar-refractivity contribution in [2.75, 3.05) is 13.1 Å². The number of nitrogens with zero attached hydrogens (tertiary/aromatic N) is 1. The van der Waals surface area contributed by atoms with E-state index in [1.54, 1.807) is 11.1 Å². The Morgan fingerprint density at radius 2 is 1.69 bits per heavy atom. The smallest absolute Gasteiger partial charge is 0.0514 e. The number of rotatable bonds is 2. The third kappa shape index (κ3) is 3.18. The number of hydrogen-bond acceptors (Lipinski definition) is 2. The molecule has 26 heavy (non-hydrogen) atoms. The molecule has 1 saturated carbocycles. The van der Waals surface area contributed by atoms with Crippen molar-refractivity contribution in [3.63, 3.8) is 0 Å². The van der Waals surface area contributed by atoms with Gasteiger partial charge < -0.3 is 5.32 Å². The summed E-state index contributed by atoms with van der Waals surface area (Å²) in [5.74, 6) is 1.88. The van der Waals surface area contributed by atoms with Gasteiger partial charge in [-0.1, -0.05) is 22.0 Å². The van der Waals surface area contributed by atoms with Crippen LogP contribution in [0, 0.1) is 5.92 Å². The number of hydrogen-bond donors (Lipinski definition) is 1. The van der Waals surface area contributed by atoms with Gasteiger partial charge in [-0.15, -0.1) is 0 Å². The summed E-state index contributed by atoms with van der Waals surface area (Å²) in [5, 5.41) is 3.53. The SMILES string of the molecule is Brc1cnc2c(c1)CCc1cc(C3CC3)cc(Br)c1[C@H]2C1CCNCC1. The van der Waals surface area contributed by atoms with E-state index in [0.29, 0.717) is 11.8 Å². The van der Waals surface area contributed by atoms with Gasteiger partial charge in [-0.05, 0) is 114 Å². The highest BCUT2D eigenvalue weighted by Gasteiger charge is 2.35. The van der Waals surface area contributed by atoms with Gasteiger partial charge in [0.1, 0.15) is 0 Å². The Hall–Kier alpha value is -0.710. The topological polar surface area (TPSA) is 24.9 Å². The van der Waals surface area contributed by atoms with Crippen LogP contribution >= 0.6 is 31.9 Å². The fourth-order valence-electron chi connectivity index (χ4n) is 4.92. The molecule has 4 heteroatoms. The summed E-state index contributed by atoms with van der Waals surface area (Å²) in [4.78, 5) is 4.96. The lowest BCUT2D eigenvalue weighted by molar-refractivity contribution is 0.338. The van der Waals surface area contributed by atoms with Crippen molar-refractivity contribution in [2.45, 2.75) is 50.4 Å².